The number of carbonyl (C=O) groups is 1. The molecule has 0 aromatic carbocycles. The summed E-state index contributed by atoms with van der Waals surface area (Å²) < 4.78 is 0. The maximum Gasteiger partial charge on any atom is 0.141 e. The highest BCUT2D eigenvalue weighted by atomic mass is 35.5. The summed E-state index contributed by atoms with van der Waals surface area (Å²) in [6.45, 7) is 1.47. The average molecular weight is 119 g/mol. The standard InChI is InChI=1S/C5H6O.ClH/c1-3-4-5(2)6;/h1H,4H2,2H3;1H. The Kier molecular flexibility index (Phi) is 7.67. The van der Waals surface area contributed by atoms with Crippen LogP contribution in [-0.4, -0.2) is 5.78 Å². The predicted octanol–water partition coefficient (Wildman–Crippen LogP) is 1.02. The summed E-state index contributed by atoms with van der Waals surface area (Å²) in [5, 5.41) is 0. The Morgan fingerprint density at radius 3 is 2.29 bits per heavy atom. The molecule has 0 atom stereocenters. The van der Waals surface area contributed by atoms with E-state index in [1.807, 2.05) is 0 Å². The zero-order valence-corrected chi connectivity index (χ0v) is 4.92. The second-order valence-corrected chi connectivity index (χ2v) is 1.08. The van der Waals surface area contributed by atoms with E-state index in [0.29, 0.717) is 0 Å². The molecule has 0 N–H and O–H groups in total. The Hall–Kier alpha value is -0.480. The lowest BCUT2D eigenvalue weighted by Crippen LogP contribution is -1.82. The minimum Gasteiger partial charge on any atom is -0.299 e. The molecule has 0 amide bonds. The number of halogens is 1. The summed E-state index contributed by atoms with van der Waals surface area (Å²) in [7, 11) is 0. The van der Waals surface area contributed by atoms with Crippen molar-refractivity contribution in [1.82, 2.24) is 0 Å². The molecule has 0 aliphatic rings. The van der Waals surface area contributed by atoms with Gasteiger partial charge in [0.05, 0.1) is 6.42 Å². The van der Waals surface area contributed by atoms with Gasteiger partial charge in [-0.1, -0.05) is 5.92 Å². The van der Waals surface area contributed by atoms with Crippen LogP contribution in [0.15, 0.2) is 0 Å². The molecule has 0 rings (SSSR count). The summed E-state index contributed by atoms with van der Waals surface area (Å²) in [6.07, 6.45) is 5.02. The Balaban J connectivity index is 0. The van der Waals surface area contributed by atoms with Crippen molar-refractivity contribution in [3.8, 4) is 12.3 Å². The quantitative estimate of drug-likeness (QED) is 0.470. The molecular formula is C5H7ClO. The van der Waals surface area contributed by atoms with Crippen molar-refractivity contribution in [3.05, 3.63) is 0 Å². The van der Waals surface area contributed by atoms with E-state index in [9.17, 15) is 4.79 Å². The van der Waals surface area contributed by atoms with Crippen molar-refractivity contribution in [2.24, 2.45) is 0 Å². The molecular weight excluding hydrogens is 112 g/mol. The molecule has 0 aliphatic carbocycles. The van der Waals surface area contributed by atoms with Crippen molar-refractivity contribution >= 4 is 18.2 Å². The van der Waals surface area contributed by atoms with Crippen molar-refractivity contribution < 1.29 is 4.79 Å². The van der Waals surface area contributed by atoms with Gasteiger partial charge in [-0.3, -0.25) is 4.79 Å². The number of carbonyl (C=O) groups excluding carboxylic acids is 1. The van der Waals surface area contributed by atoms with Gasteiger partial charge in [-0.25, -0.2) is 0 Å². The summed E-state index contributed by atoms with van der Waals surface area (Å²) in [5.74, 6) is 2.27. The largest absolute Gasteiger partial charge is 0.299 e. The highest BCUT2D eigenvalue weighted by Crippen LogP contribution is 1.72. The van der Waals surface area contributed by atoms with Gasteiger partial charge in [-0.15, -0.1) is 18.8 Å². The van der Waals surface area contributed by atoms with Crippen LogP contribution < -0.4 is 0 Å². The molecule has 0 aromatic heterocycles. The van der Waals surface area contributed by atoms with Crippen LogP contribution in [0, 0.1) is 12.3 Å². The minimum absolute atomic E-state index is 0. The Morgan fingerprint density at radius 2 is 2.29 bits per heavy atom. The van der Waals surface area contributed by atoms with Crippen LogP contribution in [0.4, 0.5) is 0 Å². The fourth-order valence-corrected chi connectivity index (χ4v) is 0.144. The molecule has 0 heterocycles. The SMILES string of the molecule is C#CCC(C)=O.Cl. The molecule has 0 fully saturated rings. The lowest BCUT2D eigenvalue weighted by molar-refractivity contribution is -0.116. The fraction of sp³-hybridized carbons (Fsp3) is 0.400. The van der Waals surface area contributed by atoms with Crippen LogP contribution in [0.2, 0.25) is 0 Å². The van der Waals surface area contributed by atoms with Crippen LogP contribution in [0.25, 0.3) is 0 Å². The number of Topliss-reactive ketones (excluding diaryl/α,β-unsaturated/α-hetero) is 1. The predicted molar refractivity (Wildman–Crippen MR) is 31.4 cm³/mol. The molecule has 0 aliphatic heterocycles. The first kappa shape index (κ1) is 9.72. The Bertz CT molecular complexity index is 90.7. The van der Waals surface area contributed by atoms with Gasteiger partial charge in [0.15, 0.2) is 0 Å². The van der Waals surface area contributed by atoms with Gasteiger partial charge < -0.3 is 0 Å². The highest BCUT2D eigenvalue weighted by molar-refractivity contribution is 5.85. The number of ketones is 1. The third-order valence-corrected chi connectivity index (χ3v) is 0.351. The third-order valence-electron chi connectivity index (χ3n) is 0.351. The molecule has 0 aromatic rings. The molecule has 40 valence electrons. The molecule has 0 saturated heterocycles. The van der Waals surface area contributed by atoms with Gasteiger partial charge in [-0.2, -0.15) is 0 Å². The van der Waals surface area contributed by atoms with E-state index in [4.69, 9.17) is 6.42 Å². The monoisotopic (exact) mass is 118 g/mol. The van der Waals surface area contributed by atoms with E-state index in [0.717, 1.165) is 0 Å². The van der Waals surface area contributed by atoms with E-state index in [1.54, 1.807) is 0 Å². The van der Waals surface area contributed by atoms with Crippen LogP contribution in [-0.2, 0) is 4.79 Å². The van der Waals surface area contributed by atoms with Crippen LogP contribution in [0.1, 0.15) is 13.3 Å². The lowest BCUT2D eigenvalue weighted by atomic mass is 10.3. The Labute approximate surface area is 49.5 Å². The first-order valence-corrected chi connectivity index (χ1v) is 1.70. The second kappa shape index (κ2) is 5.52. The first-order chi connectivity index (χ1) is 2.77. The first-order valence-electron chi connectivity index (χ1n) is 1.70. The van der Waals surface area contributed by atoms with Gasteiger partial charge in [0, 0.05) is 0 Å². The van der Waals surface area contributed by atoms with Crippen molar-refractivity contribution in [3.63, 3.8) is 0 Å². The van der Waals surface area contributed by atoms with Gasteiger partial charge >= 0.3 is 0 Å². The van der Waals surface area contributed by atoms with Gasteiger partial charge in [0.1, 0.15) is 5.78 Å². The maximum atomic E-state index is 9.90. The van der Waals surface area contributed by atoms with Crippen LogP contribution >= 0.6 is 12.4 Å². The number of hydrogen-bond donors (Lipinski definition) is 0. The molecule has 7 heavy (non-hydrogen) atoms. The van der Waals surface area contributed by atoms with E-state index in [1.165, 1.54) is 6.92 Å². The van der Waals surface area contributed by atoms with Crippen molar-refractivity contribution in [2.45, 2.75) is 13.3 Å². The molecule has 0 radical (unpaired) electrons. The summed E-state index contributed by atoms with van der Waals surface area (Å²) in [4.78, 5) is 9.90. The fourth-order valence-electron chi connectivity index (χ4n) is 0.144. The number of rotatable bonds is 1. The van der Waals surface area contributed by atoms with Crippen LogP contribution in [0.5, 0.6) is 0 Å². The normalized spacial score (nSPS) is 5.71. The molecule has 0 saturated carbocycles. The van der Waals surface area contributed by atoms with E-state index in [2.05, 4.69) is 5.92 Å². The zero-order chi connectivity index (χ0) is 4.99. The highest BCUT2D eigenvalue weighted by Gasteiger charge is 1.80. The summed E-state index contributed by atoms with van der Waals surface area (Å²) >= 11 is 0. The summed E-state index contributed by atoms with van der Waals surface area (Å²) in [6, 6.07) is 0. The number of hydrogen-bond acceptors (Lipinski definition) is 1. The van der Waals surface area contributed by atoms with E-state index >= 15 is 0 Å². The summed E-state index contributed by atoms with van der Waals surface area (Å²) in [5.41, 5.74) is 0. The number of terminal acetylenes is 1. The Morgan fingerprint density at radius 1 is 1.86 bits per heavy atom. The van der Waals surface area contributed by atoms with Gasteiger partial charge in [0.25, 0.3) is 0 Å². The molecule has 2 heteroatoms. The lowest BCUT2D eigenvalue weighted by Gasteiger charge is -1.72. The van der Waals surface area contributed by atoms with Crippen LogP contribution in [0.3, 0.4) is 0 Å². The van der Waals surface area contributed by atoms with E-state index < -0.39 is 0 Å². The van der Waals surface area contributed by atoms with Crippen molar-refractivity contribution in [1.29, 1.82) is 0 Å². The second-order valence-electron chi connectivity index (χ2n) is 1.08. The molecule has 0 unspecified atom stereocenters. The van der Waals surface area contributed by atoms with E-state index in [-0.39, 0.29) is 24.6 Å². The smallest absolute Gasteiger partial charge is 0.141 e. The zero-order valence-electron chi connectivity index (χ0n) is 4.10. The van der Waals surface area contributed by atoms with Gasteiger partial charge in [-0.05, 0) is 6.92 Å². The topological polar surface area (TPSA) is 17.1 Å². The minimum atomic E-state index is 0. The third kappa shape index (κ3) is 10.8. The van der Waals surface area contributed by atoms with Crippen molar-refractivity contribution in [2.75, 3.05) is 0 Å². The molecule has 0 bridgehead atoms. The molecule has 0 spiro atoms. The van der Waals surface area contributed by atoms with Gasteiger partial charge in [0.2, 0.25) is 0 Å². The molecule has 1 nitrogen and oxygen atoms in total. The maximum absolute atomic E-state index is 9.90. The average Bonchev–Trinajstić information content (AvgIpc) is 1.35.